The number of urea groups is 1. The van der Waals surface area contributed by atoms with Gasteiger partial charge in [-0.2, -0.15) is 5.10 Å². The molecule has 5 rings (SSSR count). The predicted molar refractivity (Wildman–Crippen MR) is 125 cm³/mol. The summed E-state index contributed by atoms with van der Waals surface area (Å²) < 4.78 is 18.6. The van der Waals surface area contributed by atoms with Crippen molar-refractivity contribution in [2.45, 2.75) is 12.1 Å². The molecule has 0 bridgehead atoms. The topological polar surface area (TPSA) is 113 Å². The summed E-state index contributed by atoms with van der Waals surface area (Å²) in [5.74, 6) is -0.713. The molecule has 1 aliphatic heterocycles. The molecule has 1 aromatic heterocycles. The Morgan fingerprint density at radius 3 is 2.20 bits per heavy atom. The number of carbonyl (C=O) groups excluding carboxylic acids is 2. The summed E-state index contributed by atoms with van der Waals surface area (Å²) in [7, 11) is 0. The van der Waals surface area contributed by atoms with Gasteiger partial charge in [-0.1, -0.05) is 77.9 Å². The summed E-state index contributed by atoms with van der Waals surface area (Å²) in [6.45, 7) is -0.127. The Bertz CT molecular complexity index is 1330. The number of halogens is 1. The van der Waals surface area contributed by atoms with Crippen molar-refractivity contribution < 1.29 is 18.4 Å². The molecule has 9 nitrogen and oxygen atoms in total. The van der Waals surface area contributed by atoms with Crippen molar-refractivity contribution in [1.82, 2.24) is 20.4 Å². The third-order valence-corrected chi connectivity index (χ3v) is 5.59. The van der Waals surface area contributed by atoms with E-state index in [1.165, 1.54) is 23.2 Å². The molecule has 3 amide bonds. The average Bonchev–Trinajstić information content (AvgIpc) is 3.43. The quantitative estimate of drug-likeness (QED) is 0.242. The van der Waals surface area contributed by atoms with Crippen LogP contribution in [0.5, 0.6) is 0 Å². The Labute approximate surface area is 199 Å². The third kappa shape index (κ3) is 4.12. The standard InChI is InChI=1S/C25H19FN6O3/c26-20-13-11-17(12-14-20)15-27-30-23-31-29-21(35-23)16-32-24(34)28-22(33)25(32,18-7-3-1-4-8-18)19-9-5-2-6-10-19/h1-15H,16H2,(H,30,31)(H,28,33,34)/b27-15+. The highest BCUT2D eigenvalue weighted by Gasteiger charge is 2.55. The van der Waals surface area contributed by atoms with E-state index in [2.05, 4.69) is 26.0 Å². The fourth-order valence-corrected chi connectivity index (χ4v) is 4.03. The molecule has 1 saturated heterocycles. The Morgan fingerprint density at radius 1 is 0.943 bits per heavy atom. The maximum Gasteiger partial charge on any atom is 0.336 e. The first-order chi connectivity index (χ1) is 17.1. The minimum atomic E-state index is -1.41. The number of hydrazone groups is 1. The molecular weight excluding hydrogens is 451 g/mol. The van der Waals surface area contributed by atoms with Crippen LogP contribution in [0.2, 0.25) is 0 Å². The summed E-state index contributed by atoms with van der Waals surface area (Å²) in [4.78, 5) is 27.6. The number of hydrogen-bond acceptors (Lipinski definition) is 7. The Balaban J connectivity index is 1.43. The lowest BCUT2D eigenvalue weighted by Gasteiger charge is -2.35. The number of amides is 3. The highest BCUT2D eigenvalue weighted by atomic mass is 19.1. The van der Waals surface area contributed by atoms with E-state index in [9.17, 15) is 14.0 Å². The van der Waals surface area contributed by atoms with Crippen LogP contribution in [0.1, 0.15) is 22.6 Å². The van der Waals surface area contributed by atoms with Crippen LogP contribution >= 0.6 is 0 Å². The van der Waals surface area contributed by atoms with E-state index in [-0.39, 0.29) is 24.3 Å². The van der Waals surface area contributed by atoms with Crippen LogP contribution in [0.3, 0.4) is 0 Å². The molecule has 0 atom stereocenters. The highest BCUT2D eigenvalue weighted by Crippen LogP contribution is 2.40. The van der Waals surface area contributed by atoms with E-state index in [0.29, 0.717) is 16.7 Å². The van der Waals surface area contributed by atoms with E-state index in [1.807, 2.05) is 36.4 Å². The SMILES string of the molecule is O=C1NC(=O)C(c2ccccc2)(c2ccccc2)N1Cc1nnc(N/N=C/c2ccc(F)cc2)o1. The molecular formula is C25H19FN6O3. The van der Waals surface area contributed by atoms with Gasteiger partial charge in [-0.15, -0.1) is 5.10 Å². The zero-order valence-electron chi connectivity index (χ0n) is 18.3. The summed E-state index contributed by atoms with van der Waals surface area (Å²) >= 11 is 0. The maximum absolute atomic E-state index is 13.3. The third-order valence-electron chi connectivity index (χ3n) is 5.59. The Morgan fingerprint density at radius 2 is 1.57 bits per heavy atom. The first-order valence-electron chi connectivity index (χ1n) is 10.7. The molecule has 10 heteroatoms. The van der Waals surface area contributed by atoms with Crippen molar-refractivity contribution in [3.8, 4) is 0 Å². The molecule has 0 aliphatic carbocycles. The van der Waals surface area contributed by atoms with Crippen LogP contribution in [0, 0.1) is 5.82 Å². The number of nitrogens with zero attached hydrogens (tertiary/aromatic N) is 4. The van der Waals surface area contributed by atoms with Crippen molar-refractivity contribution in [3.05, 3.63) is 113 Å². The molecule has 4 aromatic rings. The van der Waals surface area contributed by atoms with E-state index < -0.39 is 17.5 Å². The molecule has 3 aromatic carbocycles. The summed E-state index contributed by atoms with van der Waals surface area (Å²) in [6.07, 6.45) is 1.46. The molecule has 1 fully saturated rings. The van der Waals surface area contributed by atoms with Crippen LogP contribution in [-0.4, -0.2) is 33.3 Å². The van der Waals surface area contributed by atoms with Gasteiger partial charge in [0.25, 0.3) is 5.91 Å². The molecule has 0 spiro atoms. The number of rotatable bonds is 7. The first kappa shape index (κ1) is 22.0. The fraction of sp³-hybridized carbons (Fsp3) is 0.0800. The minimum Gasteiger partial charge on any atom is -0.405 e. The molecule has 0 radical (unpaired) electrons. The average molecular weight is 470 g/mol. The van der Waals surface area contributed by atoms with Gasteiger partial charge in [0.15, 0.2) is 5.54 Å². The number of aromatic nitrogens is 2. The Kier molecular flexibility index (Phi) is 5.76. The maximum atomic E-state index is 13.3. The minimum absolute atomic E-state index is 0.00526. The van der Waals surface area contributed by atoms with Gasteiger partial charge in [-0.25, -0.2) is 14.6 Å². The molecule has 0 unspecified atom stereocenters. The fourth-order valence-electron chi connectivity index (χ4n) is 4.03. The molecule has 1 aliphatic rings. The zero-order valence-corrected chi connectivity index (χ0v) is 18.3. The van der Waals surface area contributed by atoms with Gasteiger partial charge >= 0.3 is 12.0 Å². The summed E-state index contributed by atoms with van der Waals surface area (Å²) in [5.41, 5.74) is 3.10. The van der Waals surface area contributed by atoms with Gasteiger partial charge < -0.3 is 4.42 Å². The van der Waals surface area contributed by atoms with Crippen LogP contribution < -0.4 is 10.7 Å². The van der Waals surface area contributed by atoms with Gasteiger partial charge in [-0.05, 0) is 28.8 Å². The van der Waals surface area contributed by atoms with Crippen molar-refractivity contribution >= 4 is 24.2 Å². The van der Waals surface area contributed by atoms with E-state index in [1.54, 1.807) is 36.4 Å². The van der Waals surface area contributed by atoms with Gasteiger partial charge in [0.2, 0.25) is 5.89 Å². The van der Waals surface area contributed by atoms with Crippen molar-refractivity contribution in [2.75, 3.05) is 5.43 Å². The predicted octanol–water partition coefficient (Wildman–Crippen LogP) is 3.65. The molecule has 2 N–H and O–H groups in total. The number of anilines is 1. The number of hydrogen-bond donors (Lipinski definition) is 2. The Hall–Kier alpha value is -4.86. The van der Waals surface area contributed by atoms with Crippen molar-refractivity contribution in [1.29, 1.82) is 0 Å². The monoisotopic (exact) mass is 470 g/mol. The second kappa shape index (κ2) is 9.18. The summed E-state index contributed by atoms with van der Waals surface area (Å²) in [6, 6.07) is 23.3. The number of benzene rings is 3. The highest BCUT2D eigenvalue weighted by molar-refractivity contribution is 6.09. The normalized spacial score (nSPS) is 14.9. The first-order valence-corrected chi connectivity index (χ1v) is 10.7. The lowest BCUT2D eigenvalue weighted by molar-refractivity contribution is -0.125. The lowest BCUT2D eigenvalue weighted by atomic mass is 9.81. The van der Waals surface area contributed by atoms with Gasteiger partial charge in [0, 0.05) is 0 Å². The van der Waals surface area contributed by atoms with Gasteiger partial charge in [0.1, 0.15) is 12.4 Å². The zero-order chi connectivity index (χ0) is 24.3. The lowest BCUT2D eigenvalue weighted by Crippen LogP contribution is -2.47. The molecule has 174 valence electrons. The second-order valence-corrected chi connectivity index (χ2v) is 7.71. The summed E-state index contributed by atoms with van der Waals surface area (Å²) in [5, 5.41) is 14.3. The van der Waals surface area contributed by atoms with Crippen LogP contribution in [-0.2, 0) is 16.9 Å². The van der Waals surface area contributed by atoms with Crippen LogP contribution in [0.25, 0.3) is 0 Å². The molecule has 35 heavy (non-hydrogen) atoms. The largest absolute Gasteiger partial charge is 0.405 e. The smallest absolute Gasteiger partial charge is 0.336 e. The second-order valence-electron chi connectivity index (χ2n) is 7.71. The van der Waals surface area contributed by atoms with Crippen molar-refractivity contribution in [3.63, 3.8) is 0 Å². The van der Waals surface area contributed by atoms with Crippen LogP contribution in [0.15, 0.2) is 94.4 Å². The number of nitrogens with one attached hydrogen (secondary N) is 2. The molecule has 0 saturated carbocycles. The molecule has 2 heterocycles. The van der Waals surface area contributed by atoms with E-state index in [0.717, 1.165) is 0 Å². The van der Waals surface area contributed by atoms with E-state index >= 15 is 0 Å². The van der Waals surface area contributed by atoms with Crippen molar-refractivity contribution in [2.24, 2.45) is 5.10 Å². The van der Waals surface area contributed by atoms with E-state index in [4.69, 9.17) is 4.42 Å². The number of imide groups is 1. The number of carbonyl (C=O) groups is 2. The van der Waals surface area contributed by atoms with Gasteiger partial charge in [0.05, 0.1) is 6.21 Å². The van der Waals surface area contributed by atoms with Crippen LogP contribution in [0.4, 0.5) is 15.2 Å². The van der Waals surface area contributed by atoms with Gasteiger partial charge in [-0.3, -0.25) is 15.0 Å².